The highest BCUT2D eigenvalue weighted by atomic mass is 32.4. The van der Waals surface area contributed by atoms with Gasteiger partial charge in [-0.2, -0.15) is 0 Å². The van der Waals surface area contributed by atoms with Crippen molar-refractivity contribution >= 4 is 17.8 Å². The smallest absolute Gasteiger partial charge is 0.0477 e. The van der Waals surface area contributed by atoms with Crippen molar-refractivity contribution < 1.29 is 5.11 Å². The van der Waals surface area contributed by atoms with E-state index in [1.165, 1.54) is 0 Å². The minimum absolute atomic E-state index is 0.275. The first-order chi connectivity index (χ1) is 5.89. The lowest BCUT2D eigenvalue weighted by Crippen LogP contribution is -2.10. The Hall–Kier alpha value is 0.610. The van der Waals surface area contributed by atoms with Crippen molar-refractivity contribution in [3.63, 3.8) is 0 Å². The average Bonchev–Trinajstić information content (AvgIpc) is 1.81. The van der Waals surface area contributed by atoms with Crippen LogP contribution < -0.4 is 0 Å². The van der Waals surface area contributed by atoms with Crippen LogP contribution in [-0.4, -0.2) is 30.2 Å². The van der Waals surface area contributed by atoms with E-state index in [0.29, 0.717) is 11.8 Å². The summed E-state index contributed by atoms with van der Waals surface area (Å²) in [5.41, 5.74) is 0. The molecule has 13 heavy (non-hydrogen) atoms. The van der Waals surface area contributed by atoms with Gasteiger partial charge in [0.1, 0.15) is 0 Å². The Bertz CT molecular complexity index is 164. The number of aliphatic hydroxyl groups is 1. The van der Waals surface area contributed by atoms with E-state index in [1.54, 1.807) is 0 Å². The minimum Gasteiger partial charge on any atom is -0.396 e. The van der Waals surface area contributed by atoms with Gasteiger partial charge in [-0.25, -0.2) is 0 Å². The van der Waals surface area contributed by atoms with Crippen molar-refractivity contribution in [3.8, 4) is 0 Å². The van der Waals surface area contributed by atoms with E-state index >= 15 is 0 Å². The third-order valence-corrected chi connectivity index (χ3v) is 7.15. The van der Waals surface area contributed by atoms with Crippen molar-refractivity contribution in [1.82, 2.24) is 0 Å². The van der Waals surface area contributed by atoms with E-state index in [-0.39, 0.29) is 6.61 Å². The minimum atomic E-state index is -1.25. The Labute approximate surface area is 87.9 Å². The Kier molecular flexibility index (Phi) is 6.45. The summed E-state index contributed by atoms with van der Waals surface area (Å²) in [6.45, 7) is 9.16. The van der Waals surface area contributed by atoms with Gasteiger partial charge in [0.2, 0.25) is 0 Å². The molecule has 0 spiro atoms. The van der Waals surface area contributed by atoms with Crippen LogP contribution in [0.4, 0.5) is 0 Å². The predicted molar refractivity (Wildman–Crippen MR) is 65.6 cm³/mol. The molecule has 0 saturated heterocycles. The Morgan fingerprint density at radius 3 is 1.69 bits per heavy atom. The highest BCUT2D eigenvalue weighted by Crippen LogP contribution is 2.48. The van der Waals surface area contributed by atoms with Crippen LogP contribution in [0.25, 0.3) is 0 Å². The second-order valence-electron chi connectivity index (χ2n) is 4.66. The molecule has 0 aliphatic rings. The standard InChI is InChI=1S/C10H23OPS/c1-9(2)7-12(13,6-5-11)8-10(3)4/h9-11H,5-8H2,1-4H3. The molecule has 0 aliphatic carbocycles. The van der Waals surface area contributed by atoms with E-state index < -0.39 is 6.04 Å². The van der Waals surface area contributed by atoms with Gasteiger partial charge in [0.05, 0.1) is 0 Å². The Morgan fingerprint density at radius 1 is 1.08 bits per heavy atom. The number of aliphatic hydroxyl groups excluding tert-OH is 1. The van der Waals surface area contributed by atoms with Gasteiger partial charge in [-0.1, -0.05) is 39.5 Å². The fourth-order valence-electron chi connectivity index (χ4n) is 1.77. The zero-order chi connectivity index (χ0) is 10.5. The second-order valence-corrected chi connectivity index (χ2v) is 10.3. The maximum atomic E-state index is 8.99. The molecule has 1 N–H and O–H groups in total. The van der Waals surface area contributed by atoms with E-state index in [9.17, 15) is 0 Å². The SMILES string of the molecule is CC(C)CP(=S)(CCO)CC(C)C. The highest BCUT2D eigenvalue weighted by Gasteiger charge is 2.19. The molecule has 0 amide bonds. The molecule has 0 aromatic carbocycles. The van der Waals surface area contributed by atoms with Gasteiger partial charge in [0.15, 0.2) is 0 Å². The van der Waals surface area contributed by atoms with E-state index in [2.05, 4.69) is 27.7 Å². The van der Waals surface area contributed by atoms with Gasteiger partial charge < -0.3 is 5.11 Å². The first kappa shape index (κ1) is 13.6. The lowest BCUT2D eigenvalue weighted by Gasteiger charge is -2.25. The summed E-state index contributed by atoms with van der Waals surface area (Å²) in [5, 5.41) is 8.99. The molecule has 0 atom stereocenters. The summed E-state index contributed by atoms with van der Waals surface area (Å²) in [6, 6.07) is -1.25. The molecule has 3 heteroatoms. The third kappa shape index (κ3) is 6.65. The lowest BCUT2D eigenvalue weighted by molar-refractivity contribution is 0.321. The summed E-state index contributed by atoms with van der Waals surface area (Å²) in [4.78, 5) is 0. The zero-order valence-electron chi connectivity index (χ0n) is 9.29. The normalized spacial score (nSPS) is 12.8. The maximum absolute atomic E-state index is 8.99. The van der Waals surface area contributed by atoms with E-state index in [0.717, 1.165) is 18.5 Å². The summed E-state index contributed by atoms with van der Waals surface area (Å²) < 4.78 is 0. The fourth-order valence-corrected chi connectivity index (χ4v) is 7.34. The van der Waals surface area contributed by atoms with E-state index in [4.69, 9.17) is 16.9 Å². The molecular weight excluding hydrogens is 199 g/mol. The van der Waals surface area contributed by atoms with Crippen LogP contribution in [0.5, 0.6) is 0 Å². The number of hydrogen-bond acceptors (Lipinski definition) is 2. The highest BCUT2D eigenvalue weighted by molar-refractivity contribution is 8.14. The Balaban J connectivity index is 4.25. The first-order valence-corrected chi connectivity index (χ1v) is 8.43. The van der Waals surface area contributed by atoms with Crippen LogP contribution in [0.15, 0.2) is 0 Å². The van der Waals surface area contributed by atoms with Gasteiger partial charge in [-0.3, -0.25) is 0 Å². The molecule has 1 nitrogen and oxygen atoms in total. The largest absolute Gasteiger partial charge is 0.396 e. The van der Waals surface area contributed by atoms with Crippen molar-refractivity contribution in [2.45, 2.75) is 27.7 Å². The molecular formula is C10H23OPS. The molecule has 0 radical (unpaired) electrons. The summed E-state index contributed by atoms with van der Waals surface area (Å²) in [6.07, 6.45) is 3.18. The summed E-state index contributed by atoms with van der Waals surface area (Å²) in [5.74, 6) is 1.35. The zero-order valence-corrected chi connectivity index (χ0v) is 11.0. The number of rotatable bonds is 6. The molecule has 0 unspecified atom stereocenters. The summed E-state index contributed by atoms with van der Waals surface area (Å²) in [7, 11) is 0. The van der Waals surface area contributed by atoms with Crippen molar-refractivity contribution in [3.05, 3.63) is 0 Å². The maximum Gasteiger partial charge on any atom is 0.0477 e. The molecule has 0 aromatic heterocycles. The predicted octanol–water partition coefficient (Wildman–Crippen LogP) is 2.77. The van der Waals surface area contributed by atoms with Crippen molar-refractivity contribution in [2.24, 2.45) is 11.8 Å². The van der Waals surface area contributed by atoms with Gasteiger partial charge in [-0.05, 0) is 36.4 Å². The molecule has 0 bridgehead atoms. The van der Waals surface area contributed by atoms with Crippen LogP contribution in [0.2, 0.25) is 0 Å². The molecule has 0 heterocycles. The van der Waals surface area contributed by atoms with Crippen molar-refractivity contribution in [2.75, 3.05) is 25.1 Å². The monoisotopic (exact) mass is 222 g/mol. The molecule has 80 valence electrons. The quantitative estimate of drug-likeness (QED) is 0.697. The van der Waals surface area contributed by atoms with Gasteiger partial charge in [-0.15, -0.1) is 0 Å². The van der Waals surface area contributed by atoms with Crippen molar-refractivity contribution in [1.29, 1.82) is 0 Å². The number of hydrogen-bond donors (Lipinski definition) is 1. The third-order valence-electron chi connectivity index (χ3n) is 1.90. The first-order valence-electron chi connectivity index (χ1n) is 5.07. The molecule has 0 saturated carbocycles. The van der Waals surface area contributed by atoms with Crippen LogP contribution in [0.3, 0.4) is 0 Å². The second kappa shape index (κ2) is 6.16. The lowest BCUT2D eigenvalue weighted by atomic mass is 10.3. The van der Waals surface area contributed by atoms with Gasteiger partial charge in [0, 0.05) is 6.61 Å². The average molecular weight is 222 g/mol. The Morgan fingerprint density at radius 2 is 1.46 bits per heavy atom. The van der Waals surface area contributed by atoms with Crippen LogP contribution in [-0.2, 0) is 11.8 Å². The van der Waals surface area contributed by atoms with Crippen LogP contribution in [0, 0.1) is 11.8 Å². The van der Waals surface area contributed by atoms with Gasteiger partial charge >= 0.3 is 0 Å². The molecule has 0 aromatic rings. The van der Waals surface area contributed by atoms with Gasteiger partial charge in [0.25, 0.3) is 0 Å². The molecule has 0 rings (SSSR count). The molecule has 0 fully saturated rings. The topological polar surface area (TPSA) is 20.2 Å². The van der Waals surface area contributed by atoms with Crippen LogP contribution >= 0.6 is 6.04 Å². The summed E-state index contributed by atoms with van der Waals surface area (Å²) >= 11 is 5.70. The van der Waals surface area contributed by atoms with Crippen LogP contribution in [0.1, 0.15) is 27.7 Å². The fraction of sp³-hybridized carbons (Fsp3) is 1.00. The van der Waals surface area contributed by atoms with E-state index in [1.807, 2.05) is 0 Å². The molecule has 0 aliphatic heterocycles.